The van der Waals surface area contributed by atoms with E-state index in [9.17, 15) is 13.2 Å². The van der Waals surface area contributed by atoms with Crippen molar-refractivity contribution in [2.75, 3.05) is 11.4 Å². The summed E-state index contributed by atoms with van der Waals surface area (Å²) in [5.41, 5.74) is 5.67. The SMILES string of the molecule is CC1CCCCN1c1ccc(CN)cc1C(F)(F)F. The van der Waals surface area contributed by atoms with E-state index in [1.54, 1.807) is 12.1 Å². The monoisotopic (exact) mass is 272 g/mol. The van der Waals surface area contributed by atoms with E-state index in [4.69, 9.17) is 5.73 Å². The minimum atomic E-state index is -4.34. The molecular weight excluding hydrogens is 253 g/mol. The molecule has 2 rings (SSSR count). The predicted octanol–water partition coefficient (Wildman–Crippen LogP) is 3.54. The van der Waals surface area contributed by atoms with Gasteiger partial charge in [-0.1, -0.05) is 6.07 Å². The summed E-state index contributed by atoms with van der Waals surface area (Å²) in [7, 11) is 0. The smallest absolute Gasteiger partial charge is 0.368 e. The minimum Gasteiger partial charge on any atom is -0.368 e. The molecule has 1 heterocycles. The fourth-order valence-electron chi connectivity index (χ4n) is 2.64. The quantitative estimate of drug-likeness (QED) is 0.892. The van der Waals surface area contributed by atoms with Crippen LogP contribution in [0.5, 0.6) is 0 Å². The van der Waals surface area contributed by atoms with E-state index in [1.165, 1.54) is 6.07 Å². The Morgan fingerprint density at radius 1 is 1.32 bits per heavy atom. The molecule has 1 fully saturated rings. The third-order valence-corrected chi connectivity index (χ3v) is 3.71. The van der Waals surface area contributed by atoms with Gasteiger partial charge in [0.2, 0.25) is 0 Å². The van der Waals surface area contributed by atoms with Gasteiger partial charge < -0.3 is 10.6 Å². The second-order valence-corrected chi connectivity index (χ2v) is 5.09. The molecule has 106 valence electrons. The zero-order chi connectivity index (χ0) is 14.0. The fraction of sp³-hybridized carbons (Fsp3) is 0.571. The molecule has 0 bridgehead atoms. The summed E-state index contributed by atoms with van der Waals surface area (Å²) in [5.74, 6) is 0. The first-order valence-corrected chi connectivity index (χ1v) is 6.60. The van der Waals surface area contributed by atoms with Crippen LogP contribution in [0.4, 0.5) is 18.9 Å². The van der Waals surface area contributed by atoms with E-state index >= 15 is 0 Å². The highest BCUT2D eigenvalue weighted by molar-refractivity contribution is 5.57. The molecule has 0 aliphatic carbocycles. The molecule has 19 heavy (non-hydrogen) atoms. The van der Waals surface area contributed by atoms with Gasteiger partial charge in [-0.3, -0.25) is 0 Å². The Balaban J connectivity index is 2.43. The van der Waals surface area contributed by atoms with Gasteiger partial charge in [0.05, 0.1) is 5.56 Å². The maximum atomic E-state index is 13.2. The van der Waals surface area contributed by atoms with Crippen LogP contribution in [-0.2, 0) is 12.7 Å². The number of hydrogen-bond acceptors (Lipinski definition) is 2. The molecule has 1 atom stereocenters. The molecule has 0 spiro atoms. The second kappa shape index (κ2) is 5.41. The van der Waals surface area contributed by atoms with Crippen LogP contribution >= 0.6 is 0 Å². The molecule has 5 heteroatoms. The molecule has 0 radical (unpaired) electrons. The lowest BCUT2D eigenvalue weighted by molar-refractivity contribution is -0.137. The van der Waals surface area contributed by atoms with Crippen molar-refractivity contribution >= 4 is 5.69 Å². The van der Waals surface area contributed by atoms with E-state index in [0.717, 1.165) is 19.3 Å². The normalized spacial score (nSPS) is 20.7. The average molecular weight is 272 g/mol. The van der Waals surface area contributed by atoms with Gasteiger partial charge in [0, 0.05) is 24.8 Å². The van der Waals surface area contributed by atoms with Crippen molar-refractivity contribution in [3.8, 4) is 0 Å². The van der Waals surface area contributed by atoms with Gasteiger partial charge in [-0.25, -0.2) is 0 Å². The third kappa shape index (κ3) is 3.03. The molecule has 2 N–H and O–H groups in total. The Kier molecular flexibility index (Phi) is 4.04. The van der Waals surface area contributed by atoms with Crippen LogP contribution in [0, 0.1) is 0 Å². The molecule has 0 amide bonds. The van der Waals surface area contributed by atoms with E-state index in [2.05, 4.69) is 0 Å². The van der Waals surface area contributed by atoms with Gasteiger partial charge in [0.15, 0.2) is 0 Å². The molecule has 1 aromatic rings. The summed E-state index contributed by atoms with van der Waals surface area (Å²) in [6.45, 7) is 2.79. The summed E-state index contributed by atoms with van der Waals surface area (Å²) in [6.07, 6.45) is -1.37. The standard InChI is InChI=1S/C14H19F3N2/c1-10-4-2-3-7-19(10)13-6-5-11(9-18)8-12(13)14(15,16)17/h5-6,8,10H,2-4,7,9,18H2,1H3. The van der Waals surface area contributed by atoms with Crippen molar-refractivity contribution in [3.63, 3.8) is 0 Å². The van der Waals surface area contributed by atoms with Crippen molar-refractivity contribution < 1.29 is 13.2 Å². The van der Waals surface area contributed by atoms with Crippen LogP contribution in [0.2, 0.25) is 0 Å². The third-order valence-electron chi connectivity index (χ3n) is 3.71. The number of halogens is 3. The fourth-order valence-corrected chi connectivity index (χ4v) is 2.64. The summed E-state index contributed by atoms with van der Waals surface area (Å²) in [5, 5.41) is 0. The van der Waals surface area contributed by atoms with Crippen molar-refractivity contribution in [2.24, 2.45) is 5.73 Å². The van der Waals surface area contributed by atoms with Gasteiger partial charge in [-0.05, 0) is 43.9 Å². The topological polar surface area (TPSA) is 29.3 Å². The lowest BCUT2D eigenvalue weighted by atomic mass is 9.99. The number of nitrogens with two attached hydrogens (primary N) is 1. The van der Waals surface area contributed by atoms with Gasteiger partial charge in [0.1, 0.15) is 0 Å². The number of alkyl halides is 3. The number of anilines is 1. The Labute approximate surface area is 111 Å². The van der Waals surface area contributed by atoms with Gasteiger partial charge >= 0.3 is 6.18 Å². The Bertz CT molecular complexity index is 443. The average Bonchev–Trinajstić information content (AvgIpc) is 2.38. The molecule has 1 aliphatic rings. The predicted molar refractivity (Wildman–Crippen MR) is 70.0 cm³/mol. The molecule has 1 saturated heterocycles. The van der Waals surface area contributed by atoms with E-state index in [1.807, 2.05) is 11.8 Å². The van der Waals surface area contributed by atoms with Crippen LogP contribution in [0.1, 0.15) is 37.3 Å². The van der Waals surface area contributed by atoms with Crippen LogP contribution in [0.3, 0.4) is 0 Å². The first kappa shape index (κ1) is 14.2. The Morgan fingerprint density at radius 2 is 2.05 bits per heavy atom. The van der Waals surface area contributed by atoms with Crippen LogP contribution in [-0.4, -0.2) is 12.6 Å². The summed E-state index contributed by atoms with van der Waals surface area (Å²) in [6, 6.07) is 4.58. The Hall–Kier alpha value is -1.23. The highest BCUT2D eigenvalue weighted by Crippen LogP contribution is 2.39. The molecule has 1 aliphatic heterocycles. The summed E-state index contributed by atoms with van der Waals surface area (Å²) in [4.78, 5) is 1.87. The van der Waals surface area contributed by atoms with Crippen molar-refractivity contribution in [3.05, 3.63) is 29.3 Å². The first-order chi connectivity index (χ1) is 8.93. The van der Waals surface area contributed by atoms with E-state index in [-0.39, 0.29) is 18.3 Å². The summed E-state index contributed by atoms with van der Waals surface area (Å²) >= 11 is 0. The van der Waals surface area contributed by atoms with Gasteiger partial charge in [0.25, 0.3) is 0 Å². The maximum Gasteiger partial charge on any atom is 0.418 e. The number of benzene rings is 1. The molecule has 1 unspecified atom stereocenters. The number of hydrogen-bond donors (Lipinski definition) is 1. The zero-order valence-corrected chi connectivity index (χ0v) is 11.0. The molecule has 1 aromatic carbocycles. The first-order valence-electron chi connectivity index (χ1n) is 6.60. The minimum absolute atomic E-state index is 0.124. The van der Waals surface area contributed by atoms with Crippen molar-refractivity contribution in [1.29, 1.82) is 0 Å². The largest absolute Gasteiger partial charge is 0.418 e. The highest BCUT2D eigenvalue weighted by Gasteiger charge is 2.36. The molecule has 0 aromatic heterocycles. The van der Waals surface area contributed by atoms with Gasteiger partial charge in [-0.2, -0.15) is 13.2 Å². The lowest BCUT2D eigenvalue weighted by Gasteiger charge is -2.37. The van der Waals surface area contributed by atoms with Crippen LogP contribution < -0.4 is 10.6 Å². The van der Waals surface area contributed by atoms with Crippen LogP contribution in [0.25, 0.3) is 0 Å². The number of piperidine rings is 1. The van der Waals surface area contributed by atoms with E-state index < -0.39 is 11.7 Å². The van der Waals surface area contributed by atoms with E-state index in [0.29, 0.717) is 12.1 Å². The summed E-state index contributed by atoms with van der Waals surface area (Å²) < 4.78 is 39.5. The maximum absolute atomic E-state index is 13.2. The zero-order valence-electron chi connectivity index (χ0n) is 11.0. The highest BCUT2D eigenvalue weighted by atomic mass is 19.4. The number of rotatable bonds is 2. The molecule has 2 nitrogen and oxygen atoms in total. The lowest BCUT2D eigenvalue weighted by Crippen LogP contribution is -2.38. The second-order valence-electron chi connectivity index (χ2n) is 5.09. The van der Waals surface area contributed by atoms with Crippen molar-refractivity contribution in [2.45, 2.75) is 44.9 Å². The molecule has 0 saturated carbocycles. The van der Waals surface area contributed by atoms with Crippen molar-refractivity contribution in [1.82, 2.24) is 0 Å². The van der Waals surface area contributed by atoms with Gasteiger partial charge in [-0.15, -0.1) is 0 Å². The van der Waals surface area contributed by atoms with Crippen LogP contribution in [0.15, 0.2) is 18.2 Å². The Morgan fingerprint density at radius 3 is 2.63 bits per heavy atom. The molecular formula is C14H19F3N2. The number of nitrogens with zero attached hydrogens (tertiary/aromatic N) is 1.